The fraction of sp³-hybridized carbons (Fsp3) is 0.538. The van der Waals surface area contributed by atoms with Gasteiger partial charge in [0, 0.05) is 15.8 Å². The van der Waals surface area contributed by atoms with E-state index in [0.29, 0.717) is 10.9 Å². The van der Waals surface area contributed by atoms with Crippen LogP contribution in [0.5, 0.6) is 0 Å². The molecule has 0 saturated heterocycles. The number of rotatable bonds is 2. The minimum absolute atomic E-state index is 0.190. The van der Waals surface area contributed by atoms with Crippen molar-refractivity contribution in [3.8, 4) is 0 Å². The summed E-state index contributed by atoms with van der Waals surface area (Å²) >= 11 is 1.75. The van der Waals surface area contributed by atoms with Gasteiger partial charge in [0.15, 0.2) is 0 Å². The molecule has 88 valence electrons. The topological polar surface area (TPSA) is 26.0 Å². The van der Waals surface area contributed by atoms with Gasteiger partial charge in [-0.1, -0.05) is 25.7 Å². The number of nitrogen functional groups attached to an aromatic ring is 1. The number of hydrogen-bond donors (Lipinski definition) is 1. The van der Waals surface area contributed by atoms with Gasteiger partial charge in [0.2, 0.25) is 0 Å². The molecule has 0 aromatic heterocycles. The molecule has 1 aromatic carbocycles. The van der Waals surface area contributed by atoms with E-state index in [9.17, 15) is 4.39 Å². The minimum atomic E-state index is -0.190. The third kappa shape index (κ3) is 3.14. The van der Waals surface area contributed by atoms with E-state index in [1.54, 1.807) is 23.9 Å². The Morgan fingerprint density at radius 2 is 1.81 bits per heavy atom. The standard InChI is InChI=1S/C13H18FNS/c14-10-7-8-12(15)13(9-10)16-11-5-3-1-2-4-6-11/h7-9,11H,1-6,15H2. The first-order valence-electron chi connectivity index (χ1n) is 5.97. The van der Waals surface area contributed by atoms with Crippen LogP contribution in [-0.4, -0.2) is 5.25 Å². The van der Waals surface area contributed by atoms with Crippen molar-refractivity contribution in [2.45, 2.75) is 48.7 Å². The van der Waals surface area contributed by atoms with Gasteiger partial charge in [-0.05, 0) is 31.0 Å². The fourth-order valence-electron chi connectivity index (χ4n) is 2.15. The second kappa shape index (κ2) is 5.58. The lowest BCUT2D eigenvalue weighted by Gasteiger charge is -2.14. The predicted octanol–water partition coefficient (Wildman–Crippen LogP) is 4.22. The Hall–Kier alpha value is -0.700. The predicted molar refractivity (Wildman–Crippen MR) is 68.2 cm³/mol. The van der Waals surface area contributed by atoms with Crippen LogP contribution in [0.25, 0.3) is 0 Å². The first-order valence-corrected chi connectivity index (χ1v) is 6.85. The Labute approximate surface area is 101 Å². The highest BCUT2D eigenvalue weighted by molar-refractivity contribution is 8.00. The van der Waals surface area contributed by atoms with Crippen LogP contribution in [0, 0.1) is 5.82 Å². The van der Waals surface area contributed by atoms with Crippen molar-refractivity contribution in [2.24, 2.45) is 0 Å². The molecule has 16 heavy (non-hydrogen) atoms. The largest absolute Gasteiger partial charge is 0.398 e. The van der Waals surface area contributed by atoms with E-state index in [1.165, 1.54) is 44.6 Å². The lowest BCUT2D eigenvalue weighted by molar-refractivity contribution is 0.624. The summed E-state index contributed by atoms with van der Waals surface area (Å²) in [5.41, 5.74) is 6.56. The maximum absolute atomic E-state index is 13.1. The smallest absolute Gasteiger partial charge is 0.124 e. The lowest BCUT2D eigenvalue weighted by Crippen LogP contribution is -2.01. The molecule has 1 aromatic rings. The number of nitrogens with two attached hydrogens (primary N) is 1. The number of thioether (sulfide) groups is 1. The average Bonchev–Trinajstić information content (AvgIpc) is 2.52. The van der Waals surface area contributed by atoms with Gasteiger partial charge in [-0.3, -0.25) is 0 Å². The van der Waals surface area contributed by atoms with E-state index in [4.69, 9.17) is 5.73 Å². The molecule has 0 heterocycles. The molecule has 0 atom stereocenters. The summed E-state index contributed by atoms with van der Waals surface area (Å²) in [4.78, 5) is 0.909. The maximum Gasteiger partial charge on any atom is 0.124 e. The van der Waals surface area contributed by atoms with Crippen molar-refractivity contribution in [2.75, 3.05) is 5.73 Å². The zero-order valence-electron chi connectivity index (χ0n) is 9.42. The van der Waals surface area contributed by atoms with Crippen molar-refractivity contribution in [1.82, 2.24) is 0 Å². The average molecular weight is 239 g/mol. The van der Waals surface area contributed by atoms with E-state index >= 15 is 0 Å². The van der Waals surface area contributed by atoms with Crippen LogP contribution in [0.4, 0.5) is 10.1 Å². The van der Waals surface area contributed by atoms with E-state index in [-0.39, 0.29) is 5.82 Å². The van der Waals surface area contributed by atoms with Crippen LogP contribution in [-0.2, 0) is 0 Å². The number of hydrogen-bond acceptors (Lipinski definition) is 2. The zero-order chi connectivity index (χ0) is 11.4. The van der Waals surface area contributed by atoms with Crippen LogP contribution in [0.15, 0.2) is 23.1 Å². The van der Waals surface area contributed by atoms with Crippen molar-refractivity contribution < 1.29 is 4.39 Å². The van der Waals surface area contributed by atoms with Gasteiger partial charge in [0.05, 0.1) is 0 Å². The highest BCUT2D eigenvalue weighted by Crippen LogP contribution is 2.35. The monoisotopic (exact) mass is 239 g/mol. The summed E-state index contributed by atoms with van der Waals surface area (Å²) in [6.45, 7) is 0. The molecule has 2 N–H and O–H groups in total. The second-order valence-electron chi connectivity index (χ2n) is 4.41. The van der Waals surface area contributed by atoms with E-state index in [0.717, 1.165) is 4.90 Å². The molecule has 3 heteroatoms. The molecule has 0 radical (unpaired) electrons. The Bertz CT molecular complexity index is 346. The third-order valence-electron chi connectivity index (χ3n) is 3.07. The van der Waals surface area contributed by atoms with Gasteiger partial charge in [-0.2, -0.15) is 0 Å². The highest BCUT2D eigenvalue weighted by Gasteiger charge is 2.15. The number of halogens is 1. The van der Waals surface area contributed by atoms with Crippen molar-refractivity contribution in [3.63, 3.8) is 0 Å². The van der Waals surface area contributed by atoms with Crippen molar-refractivity contribution in [3.05, 3.63) is 24.0 Å². The normalized spacial score (nSPS) is 18.3. The molecule has 2 rings (SSSR count). The molecule has 0 aliphatic heterocycles. The molecular formula is C13H18FNS. The van der Waals surface area contributed by atoms with Crippen molar-refractivity contribution in [1.29, 1.82) is 0 Å². The summed E-state index contributed by atoms with van der Waals surface area (Å²) in [6.07, 6.45) is 7.76. The molecule has 0 spiro atoms. The Morgan fingerprint density at radius 3 is 2.50 bits per heavy atom. The molecule has 1 aliphatic carbocycles. The summed E-state index contributed by atoms with van der Waals surface area (Å²) in [7, 11) is 0. The minimum Gasteiger partial charge on any atom is -0.398 e. The maximum atomic E-state index is 13.1. The second-order valence-corrected chi connectivity index (χ2v) is 5.76. The number of anilines is 1. The lowest BCUT2D eigenvalue weighted by atomic mass is 10.2. The van der Waals surface area contributed by atoms with Gasteiger partial charge < -0.3 is 5.73 Å². The van der Waals surface area contributed by atoms with Gasteiger partial charge in [0.1, 0.15) is 5.82 Å². The van der Waals surface area contributed by atoms with E-state index in [1.807, 2.05) is 0 Å². The van der Waals surface area contributed by atoms with Gasteiger partial charge in [0.25, 0.3) is 0 Å². The first kappa shape index (κ1) is 11.8. The van der Waals surface area contributed by atoms with Gasteiger partial charge in [-0.25, -0.2) is 4.39 Å². The van der Waals surface area contributed by atoms with Crippen LogP contribution in [0.3, 0.4) is 0 Å². The SMILES string of the molecule is Nc1ccc(F)cc1SC1CCCCCC1. The van der Waals surface area contributed by atoms with E-state index in [2.05, 4.69) is 0 Å². The van der Waals surface area contributed by atoms with E-state index < -0.39 is 0 Å². The fourth-order valence-corrected chi connectivity index (χ4v) is 3.46. The summed E-state index contributed by atoms with van der Waals surface area (Å²) < 4.78 is 13.1. The molecule has 0 bridgehead atoms. The molecule has 1 fully saturated rings. The molecule has 1 aliphatic rings. The quantitative estimate of drug-likeness (QED) is 0.617. The van der Waals surface area contributed by atoms with Crippen LogP contribution >= 0.6 is 11.8 Å². The first-order chi connectivity index (χ1) is 7.75. The molecule has 0 amide bonds. The van der Waals surface area contributed by atoms with Crippen LogP contribution in [0.1, 0.15) is 38.5 Å². The molecule has 1 nitrogen and oxygen atoms in total. The Kier molecular flexibility index (Phi) is 4.10. The number of benzene rings is 1. The molecule has 1 saturated carbocycles. The summed E-state index contributed by atoms with van der Waals surface area (Å²) in [5, 5.41) is 0.617. The zero-order valence-corrected chi connectivity index (χ0v) is 10.2. The van der Waals surface area contributed by atoms with Gasteiger partial charge in [-0.15, -0.1) is 11.8 Å². The van der Waals surface area contributed by atoms with Crippen LogP contribution in [0.2, 0.25) is 0 Å². The summed E-state index contributed by atoms with van der Waals surface area (Å²) in [6, 6.07) is 4.64. The Morgan fingerprint density at radius 1 is 1.12 bits per heavy atom. The molecular weight excluding hydrogens is 221 g/mol. The summed E-state index contributed by atoms with van der Waals surface area (Å²) in [5.74, 6) is -0.190. The molecule has 0 unspecified atom stereocenters. The highest BCUT2D eigenvalue weighted by atomic mass is 32.2. The third-order valence-corrected chi connectivity index (χ3v) is 4.48. The van der Waals surface area contributed by atoms with Crippen molar-refractivity contribution >= 4 is 17.4 Å². The Balaban J connectivity index is 2.04. The van der Waals surface area contributed by atoms with Gasteiger partial charge >= 0.3 is 0 Å². The van der Waals surface area contributed by atoms with Crippen LogP contribution < -0.4 is 5.73 Å².